The highest BCUT2D eigenvalue weighted by Gasteiger charge is 2.46. The van der Waals surface area contributed by atoms with Gasteiger partial charge >= 0.3 is 0 Å². The Hall–Kier alpha value is -6.58. The lowest BCUT2D eigenvalue weighted by Gasteiger charge is -2.36. The smallest absolute Gasteiger partial charge is 0.231 e. The second kappa shape index (κ2) is 12.5. The van der Waals surface area contributed by atoms with Crippen LogP contribution in [0.2, 0.25) is 0 Å². The Morgan fingerprint density at radius 1 is 0.448 bits per heavy atom. The van der Waals surface area contributed by atoms with Gasteiger partial charge in [-0.15, -0.1) is 0 Å². The standard InChI is InChI=1S/C55H42N2O/c1-54(2)45-20-9-7-18-40(45)43-33-48-44(32-46(43)54)41-27-26-38(31-47(41)55(48)28-11-4-12-29-55)35-24-22-34(23-25-35)37-16-13-17-39(30-37)52-56-51(36-14-5-3-6-15-36)50-42-19-8-10-21-49(42)58-53(50)57-52/h3,5-10,13-27,30-33H,4,11-12,28-29H2,1-2H3. The van der Waals surface area contributed by atoms with Crippen molar-refractivity contribution in [2.75, 3.05) is 0 Å². The molecule has 0 radical (unpaired) electrons. The van der Waals surface area contributed by atoms with E-state index in [1.165, 1.54) is 82.2 Å². The van der Waals surface area contributed by atoms with Crippen molar-refractivity contribution in [1.82, 2.24) is 9.97 Å². The lowest BCUT2D eigenvalue weighted by Crippen LogP contribution is -2.28. The summed E-state index contributed by atoms with van der Waals surface area (Å²) in [5, 5.41) is 1.97. The Morgan fingerprint density at radius 3 is 1.90 bits per heavy atom. The number of furan rings is 1. The Labute approximate surface area is 339 Å². The zero-order valence-electron chi connectivity index (χ0n) is 32.8. The molecule has 0 atom stereocenters. The predicted molar refractivity (Wildman–Crippen MR) is 238 cm³/mol. The van der Waals surface area contributed by atoms with Crippen LogP contribution in [0.15, 0.2) is 162 Å². The van der Waals surface area contributed by atoms with Crippen LogP contribution >= 0.6 is 0 Å². The van der Waals surface area contributed by atoms with Crippen LogP contribution in [-0.4, -0.2) is 9.97 Å². The number of para-hydroxylation sites is 1. The van der Waals surface area contributed by atoms with Gasteiger partial charge in [0, 0.05) is 27.3 Å². The maximum atomic E-state index is 6.32. The summed E-state index contributed by atoms with van der Waals surface area (Å²) in [6.45, 7) is 4.80. The first kappa shape index (κ1) is 33.5. The van der Waals surface area contributed by atoms with Gasteiger partial charge in [-0.3, -0.25) is 0 Å². The molecule has 0 N–H and O–H groups in total. The van der Waals surface area contributed by atoms with E-state index in [1.54, 1.807) is 5.56 Å². The van der Waals surface area contributed by atoms with Gasteiger partial charge in [0.05, 0.1) is 11.1 Å². The van der Waals surface area contributed by atoms with Crippen LogP contribution in [0.25, 0.3) is 89.2 Å². The average molecular weight is 747 g/mol. The van der Waals surface area contributed by atoms with Crippen molar-refractivity contribution in [3.05, 3.63) is 180 Å². The third-order valence-electron chi connectivity index (χ3n) is 13.7. The molecule has 278 valence electrons. The van der Waals surface area contributed by atoms with Gasteiger partial charge in [0.25, 0.3) is 0 Å². The van der Waals surface area contributed by atoms with Crippen LogP contribution in [0, 0.1) is 0 Å². The largest absolute Gasteiger partial charge is 0.438 e. The van der Waals surface area contributed by atoms with Gasteiger partial charge in [0.15, 0.2) is 5.82 Å². The van der Waals surface area contributed by atoms with Crippen LogP contribution in [0.5, 0.6) is 0 Å². The predicted octanol–water partition coefficient (Wildman–Crippen LogP) is 14.6. The monoisotopic (exact) mass is 746 g/mol. The third kappa shape index (κ3) is 4.86. The van der Waals surface area contributed by atoms with Gasteiger partial charge in [-0.25, -0.2) is 4.98 Å². The van der Waals surface area contributed by atoms with Crippen molar-refractivity contribution >= 4 is 22.1 Å². The molecule has 7 aromatic carbocycles. The molecular weight excluding hydrogens is 705 g/mol. The summed E-state index contributed by atoms with van der Waals surface area (Å²) in [4.78, 5) is 10.2. The van der Waals surface area contributed by atoms with E-state index in [0.717, 1.165) is 44.3 Å². The molecule has 1 saturated carbocycles. The zero-order valence-corrected chi connectivity index (χ0v) is 32.8. The summed E-state index contributed by atoms with van der Waals surface area (Å²) in [6.07, 6.45) is 6.32. The summed E-state index contributed by atoms with van der Waals surface area (Å²) in [5.74, 6) is 0.651. The molecule has 3 heteroatoms. The fourth-order valence-electron chi connectivity index (χ4n) is 10.8. The normalized spacial score (nSPS) is 15.7. The number of benzene rings is 7. The van der Waals surface area contributed by atoms with Crippen LogP contribution in [-0.2, 0) is 10.8 Å². The molecule has 0 bridgehead atoms. The summed E-state index contributed by atoms with van der Waals surface area (Å²) < 4.78 is 6.32. The average Bonchev–Trinajstić information content (AvgIpc) is 3.86. The fraction of sp³-hybridized carbons (Fsp3) is 0.164. The molecule has 1 fully saturated rings. The molecule has 2 heterocycles. The fourth-order valence-corrected chi connectivity index (χ4v) is 10.8. The Kier molecular flexibility index (Phi) is 7.21. The molecule has 3 aliphatic carbocycles. The van der Waals surface area contributed by atoms with E-state index < -0.39 is 0 Å². The molecular formula is C55H42N2O. The highest BCUT2D eigenvalue weighted by molar-refractivity contribution is 6.10. The Bertz CT molecular complexity index is 3110. The van der Waals surface area contributed by atoms with Crippen LogP contribution in [0.4, 0.5) is 0 Å². The van der Waals surface area contributed by atoms with Crippen molar-refractivity contribution in [2.45, 2.75) is 56.8 Å². The molecule has 0 saturated heterocycles. The van der Waals surface area contributed by atoms with Gasteiger partial charge in [0.2, 0.25) is 5.71 Å². The number of aromatic nitrogens is 2. The molecule has 0 amide bonds. The first-order valence-corrected chi connectivity index (χ1v) is 20.9. The second-order valence-electron chi connectivity index (χ2n) is 17.2. The van der Waals surface area contributed by atoms with E-state index in [0.29, 0.717) is 11.5 Å². The zero-order chi connectivity index (χ0) is 38.6. The Balaban J connectivity index is 0.906. The van der Waals surface area contributed by atoms with E-state index in [4.69, 9.17) is 14.4 Å². The number of fused-ring (bicyclic) bond motifs is 11. The van der Waals surface area contributed by atoms with Gasteiger partial charge in [-0.2, -0.15) is 4.98 Å². The van der Waals surface area contributed by atoms with E-state index in [-0.39, 0.29) is 10.8 Å². The van der Waals surface area contributed by atoms with Crippen molar-refractivity contribution in [1.29, 1.82) is 0 Å². The molecule has 3 aliphatic rings. The van der Waals surface area contributed by atoms with Crippen molar-refractivity contribution in [3.63, 3.8) is 0 Å². The summed E-state index contributed by atoms with van der Waals surface area (Å²) >= 11 is 0. The molecule has 2 aromatic heterocycles. The van der Waals surface area contributed by atoms with Crippen molar-refractivity contribution in [3.8, 4) is 67.2 Å². The third-order valence-corrected chi connectivity index (χ3v) is 13.7. The Morgan fingerprint density at radius 2 is 1.07 bits per heavy atom. The van der Waals surface area contributed by atoms with Crippen LogP contribution in [0.1, 0.15) is 68.2 Å². The number of hydrogen-bond acceptors (Lipinski definition) is 3. The van der Waals surface area contributed by atoms with Gasteiger partial charge in [-0.1, -0.05) is 161 Å². The lowest BCUT2D eigenvalue weighted by atomic mass is 9.67. The van der Waals surface area contributed by atoms with E-state index in [1.807, 2.05) is 24.3 Å². The topological polar surface area (TPSA) is 38.9 Å². The van der Waals surface area contributed by atoms with Crippen LogP contribution in [0.3, 0.4) is 0 Å². The minimum absolute atomic E-state index is 0.00903. The number of rotatable bonds is 4. The van der Waals surface area contributed by atoms with Crippen molar-refractivity contribution in [2.24, 2.45) is 0 Å². The molecule has 12 rings (SSSR count). The van der Waals surface area contributed by atoms with Gasteiger partial charge in [-0.05, 0) is 110 Å². The first-order valence-electron chi connectivity index (χ1n) is 20.9. The minimum atomic E-state index is -0.00903. The SMILES string of the molecule is CC1(C)c2ccccc2-c2cc3c(cc21)-c1ccc(-c2ccc(-c4cccc(-c5nc(-c6ccccc6)c6c(n5)oc5ccccc56)c4)cc2)cc1C31CCCCC1. The molecule has 9 aromatic rings. The highest BCUT2D eigenvalue weighted by atomic mass is 16.3. The van der Waals surface area contributed by atoms with Gasteiger partial charge < -0.3 is 4.42 Å². The quantitative estimate of drug-likeness (QED) is 0.180. The van der Waals surface area contributed by atoms with Crippen molar-refractivity contribution < 1.29 is 4.42 Å². The van der Waals surface area contributed by atoms with E-state index in [2.05, 4.69) is 147 Å². The maximum Gasteiger partial charge on any atom is 0.231 e. The summed E-state index contributed by atoms with van der Waals surface area (Å²) in [6, 6.07) is 57.7. The molecule has 0 unspecified atom stereocenters. The van der Waals surface area contributed by atoms with E-state index >= 15 is 0 Å². The summed E-state index contributed by atoms with van der Waals surface area (Å²) in [5.41, 5.74) is 20.9. The maximum absolute atomic E-state index is 6.32. The first-order chi connectivity index (χ1) is 28.5. The lowest BCUT2D eigenvalue weighted by molar-refractivity contribution is 0.353. The minimum Gasteiger partial charge on any atom is -0.438 e. The van der Waals surface area contributed by atoms with E-state index in [9.17, 15) is 0 Å². The summed E-state index contributed by atoms with van der Waals surface area (Å²) in [7, 11) is 0. The number of hydrogen-bond donors (Lipinski definition) is 0. The molecule has 3 nitrogen and oxygen atoms in total. The molecule has 1 spiro atoms. The number of nitrogens with zero attached hydrogens (tertiary/aromatic N) is 2. The molecule has 0 aliphatic heterocycles. The molecule has 58 heavy (non-hydrogen) atoms. The second-order valence-corrected chi connectivity index (χ2v) is 17.2. The van der Waals surface area contributed by atoms with Gasteiger partial charge in [0.1, 0.15) is 5.58 Å². The van der Waals surface area contributed by atoms with Crippen LogP contribution < -0.4 is 0 Å². The highest BCUT2D eigenvalue weighted by Crippen LogP contribution is 2.60.